The number of ether oxygens (including phenoxy) is 1. The van der Waals surface area contributed by atoms with E-state index in [-0.39, 0.29) is 29.4 Å². The number of carbonyl (C=O) groups is 5. The van der Waals surface area contributed by atoms with E-state index < -0.39 is 59.9 Å². The SMILES string of the molecule is CCC[C@H]1NC(=O)c2csc(n2)[C@H](C)NC(=O)[C@H](C(C)C)N(C)C(=O)[C@H](C(C)C)NC(=O)[C@H](C(C)CC)OC(=O)[C@H]1C. The maximum atomic E-state index is 13.8. The molecule has 1 aliphatic rings. The van der Waals surface area contributed by atoms with Gasteiger partial charge in [0.2, 0.25) is 11.8 Å². The van der Waals surface area contributed by atoms with Gasteiger partial charge in [0, 0.05) is 24.4 Å². The summed E-state index contributed by atoms with van der Waals surface area (Å²) in [6, 6.07) is -2.85. The summed E-state index contributed by atoms with van der Waals surface area (Å²) < 4.78 is 5.81. The molecule has 4 amide bonds. The van der Waals surface area contributed by atoms with Crippen molar-refractivity contribution in [3.8, 4) is 0 Å². The van der Waals surface area contributed by atoms with Crippen molar-refractivity contribution in [2.75, 3.05) is 7.05 Å². The molecule has 1 aromatic heterocycles. The van der Waals surface area contributed by atoms with Crippen molar-refractivity contribution in [2.45, 2.75) is 112 Å². The van der Waals surface area contributed by atoms with Crippen LogP contribution in [0.15, 0.2) is 5.38 Å². The lowest BCUT2D eigenvalue weighted by molar-refractivity contribution is -0.164. The van der Waals surface area contributed by atoms with Crippen LogP contribution in [0.2, 0.25) is 0 Å². The molecule has 2 bridgehead atoms. The number of likely N-dealkylation sites (N-methyl/N-ethyl adjacent to an activating group) is 1. The van der Waals surface area contributed by atoms with Gasteiger partial charge in [-0.3, -0.25) is 24.0 Å². The summed E-state index contributed by atoms with van der Waals surface area (Å²) in [7, 11) is 1.55. The van der Waals surface area contributed by atoms with Crippen molar-refractivity contribution in [2.24, 2.45) is 23.7 Å². The minimum Gasteiger partial charge on any atom is -0.452 e. The molecule has 0 saturated heterocycles. The molecule has 0 fully saturated rings. The lowest BCUT2D eigenvalue weighted by Gasteiger charge is -2.35. The van der Waals surface area contributed by atoms with Gasteiger partial charge in [0.05, 0.1) is 12.0 Å². The summed E-state index contributed by atoms with van der Waals surface area (Å²) in [5.74, 6) is -4.05. The zero-order chi connectivity index (χ0) is 31.9. The van der Waals surface area contributed by atoms with Crippen LogP contribution >= 0.6 is 11.3 Å². The van der Waals surface area contributed by atoms with E-state index in [1.54, 1.807) is 33.2 Å². The van der Waals surface area contributed by atoms with Crippen LogP contribution in [-0.4, -0.2) is 70.8 Å². The molecule has 2 heterocycles. The van der Waals surface area contributed by atoms with Gasteiger partial charge in [-0.1, -0.05) is 54.9 Å². The minimum absolute atomic E-state index is 0.181. The smallest absolute Gasteiger partial charge is 0.311 e. The van der Waals surface area contributed by atoms with Gasteiger partial charge in [-0.05, 0) is 38.5 Å². The minimum atomic E-state index is -1.14. The largest absolute Gasteiger partial charge is 0.452 e. The highest BCUT2D eigenvalue weighted by atomic mass is 32.1. The Morgan fingerprint density at radius 3 is 2.14 bits per heavy atom. The Hall–Kier alpha value is -3.02. The number of nitrogens with zero attached hydrogens (tertiary/aromatic N) is 2. The molecule has 0 aliphatic carbocycles. The predicted molar refractivity (Wildman–Crippen MR) is 161 cm³/mol. The van der Waals surface area contributed by atoms with Crippen LogP contribution in [-0.2, 0) is 23.9 Å². The lowest BCUT2D eigenvalue weighted by atomic mass is 9.95. The maximum Gasteiger partial charge on any atom is 0.311 e. The summed E-state index contributed by atoms with van der Waals surface area (Å²) in [5.41, 5.74) is 0.181. The molecule has 3 N–H and O–H groups in total. The first kappa shape index (κ1) is 35.2. The predicted octanol–water partition coefficient (Wildman–Crippen LogP) is 3.45. The van der Waals surface area contributed by atoms with Crippen LogP contribution in [0.25, 0.3) is 0 Å². The Morgan fingerprint density at radius 1 is 0.952 bits per heavy atom. The second kappa shape index (κ2) is 15.5. The quantitative estimate of drug-likeness (QED) is 0.420. The van der Waals surface area contributed by atoms with Gasteiger partial charge in [-0.2, -0.15) is 0 Å². The van der Waals surface area contributed by atoms with E-state index in [2.05, 4.69) is 20.9 Å². The van der Waals surface area contributed by atoms with Gasteiger partial charge in [0.15, 0.2) is 6.10 Å². The number of amides is 4. The molecule has 1 aromatic rings. The number of hydrogen-bond acceptors (Lipinski definition) is 8. The Morgan fingerprint density at radius 2 is 1.60 bits per heavy atom. The van der Waals surface area contributed by atoms with Gasteiger partial charge in [-0.15, -0.1) is 11.3 Å². The van der Waals surface area contributed by atoms with Crippen molar-refractivity contribution in [1.29, 1.82) is 0 Å². The molecule has 42 heavy (non-hydrogen) atoms. The monoisotopic (exact) mass is 607 g/mol. The second-order valence-electron chi connectivity index (χ2n) is 12.1. The summed E-state index contributed by atoms with van der Waals surface area (Å²) in [6.45, 7) is 16.4. The molecule has 0 aromatic carbocycles. The molecule has 12 heteroatoms. The van der Waals surface area contributed by atoms with Gasteiger partial charge >= 0.3 is 5.97 Å². The normalized spacial score (nSPS) is 27.9. The molecule has 236 valence electrons. The third kappa shape index (κ3) is 8.52. The van der Waals surface area contributed by atoms with Crippen molar-refractivity contribution >= 4 is 40.9 Å². The first-order valence-electron chi connectivity index (χ1n) is 15.0. The number of aromatic nitrogens is 1. The number of cyclic esters (lactones) is 1. The molecule has 2 rings (SSSR count). The second-order valence-corrected chi connectivity index (χ2v) is 13.0. The number of thiazole rings is 1. The third-order valence-electron chi connectivity index (χ3n) is 7.93. The number of carbonyl (C=O) groups excluding carboxylic acids is 5. The summed E-state index contributed by atoms with van der Waals surface area (Å²) in [4.78, 5) is 73.3. The van der Waals surface area contributed by atoms with E-state index in [0.29, 0.717) is 24.3 Å². The fourth-order valence-electron chi connectivity index (χ4n) is 5.02. The number of nitrogens with one attached hydrogen (secondary N) is 3. The molecule has 11 nitrogen and oxygen atoms in total. The van der Waals surface area contributed by atoms with Crippen molar-refractivity contribution in [3.05, 3.63) is 16.1 Å². The molecular weight excluding hydrogens is 558 g/mol. The fourth-order valence-corrected chi connectivity index (χ4v) is 5.83. The van der Waals surface area contributed by atoms with E-state index in [9.17, 15) is 24.0 Å². The molecule has 0 spiro atoms. The fraction of sp³-hybridized carbons (Fsp3) is 0.733. The highest BCUT2D eigenvalue weighted by Crippen LogP contribution is 2.23. The van der Waals surface area contributed by atoms with Gasteiger partial charge < -0.3 is 25.6 Å². The van der Waals surface area contributed by atoms with Gasteiger partial charge in [0.1, 0.15) is 22.8 Å². The van der Waals surface area contributed by atoms with Crippen LogP contribution < -0.4 is 16.0 Å². The van der Waals surface area contributed by atoms with Gasteiger partial charge in [0.25, 0.3) is 11.8 Å². The van der Waals surface area contributed by atoms with Crippen LogP contribution in [0.1, 0.15) is 103 Å². The molecule has 1 aliphatic heterocycles. The topological polar surface area (TPSA) is 147 Å². The standard InChI is InChI=1S/C30H49N5O6S/c1-11-13-20-18(8)30(40)41-24(17(7)12-2)27(38)34-22(15(3)4)29(39)35(10)23(16(5)6)26(37)31-19(9)28-33-21(14-42-28)25(36)32-20/h14-20,22-24H,11-13H2,1-10H3,(H,31,37)(H,32,36)(H,34,38)/t17?,18-,19-,20+,22-,23-,24-/m0/s1. The van der Waals surface area contributed by atoms with E-state index in [1.165, 1.54) is 16.2 Å². The average molecular weight is 608 g/mol. The average Bonchev–Trinajstić information content (AvgIpc) is 3.43. The third-order valence-corrected chi connectivity index (χ3v) is 8.96. The highest BCUT2D eigenvalue weighted by molar-refractivity contribution is 7.09. The van der Waals surface area contributed by atoms with Crippen LogP contribution in [0.3, 0.4) is 0 Å². The van der Waals surface area contributed by atoms with E-state index in [4.69, 9.17) is 4.74 Å². The zero-order valence-corrected chi connectivity index (χ0v) is 27.5. The molecule has 7 atom stereocenters. The van der Waals surface area contributed by atoms with Crippen LogP contribution in [0.5, 0.6) is 0 Å². The van der Waals surface area contributed by atoms with Crippen molar-refractivity contribution in [1.82, 2.24) is 25.8 Å². The summed E-state index contributed by atoms with van der Waals surface area (Å²) >= 11 is 1.24. The van der Waals surface area contributed by atoms with E-state index in [0.717, 1.165) is 0 Å². The van der Waals surface area contributed by atoms with Gasteiger partial charge in [-0.25, -0.2) is 4.98 Å². The Kier molecular flexibility index (Phi) is 12.9. The number of esters is 1. The first-order chi connectivity index (χ1) is 19.6. The van der Waals surface area contributed by atoms with Crippen LogP contribution in [0, 0.1) is 23.7 Å². The highest BCUT2D eigenvalue weighted by Gasteiger charge is 2.39. The number of hydrogen-bond donors (Lipinski definition) is 3. The number of rotatable bonds is 6. The molecule has 0 saturated carbocycles. The maximum absolute atomic E-state index is 13.8. The molecule has 0 radical (unpaired) electrons. The zero-order valence-electron chi connectivity index (χ0n) is 26.6. The number of fused-ring (bicyclic) bond motifs is 2. The lowest BCUT2D eigenvalue weighted by Crippen LogP contribution is -2.59. The first-order valence-corrected chi connectivity index (χ1v) is 15.9. The Bertz CT molecular complexity index is 1120. The van der Waals surface area contributed by atoms with Crippen molar-refractivity contribution < 1.29 is 28.7 Å². The van der Waals surface area contributed by atoms with Crippen LogP contribution in [0.4, 0.5) is 0 Å². The van der Waals surface area contributed by atoms with E-state index in [1.807, 2.05) is 41.5 Å². The molecular formula is C30H49N5O6S. The Labute approximate surface area is 253 Å². The Balaban J connectivity index is 2.60. The summed E-state index contributed by atoms with van der Waals surface area (Å²) in [6.07, 6.45) is 0.620. The van der Waals surface area contributed by atoms with E-state index >= 15 is 0 Å². The molecule has 1 unspecified atom stereocenters. The summed E-state index contributed by atoms with van der Waals surface area (Å²) in [5, 5.41) is 10.8. The van der Waals surface area contributed by atoms with Crippen molar-refractivity contribution in [3.63, 3.8) is 0 Å².